The second-order valence-corrected chi connectivity index (χ2v) is 4.68. The van der Waals surface area contributed by atoms with Crippen molar-refractivity contribution in [3.8, 4) is 0 Å². The molecule has 0 radical (unpaired) electrons. The molecule has 2 N–H and O–H groups in total. The van der Waals surface area contributed by atoms with Gasteiger partial charge >= 0.3 is 0 Å². The Kier molecular flexibility index (Phi) is 3.82. The summed E-state index contributed by atoms with van der Waals surface area (Å²) in [4.78, 5) is 0. The molecule has 0 fully saturated rings. The fourth-order valence-electron chi connectivity index (χ4n) is 2.10. The lowest BCUT2D eigenvalue weighted by atomic mass is 10.1. The monoisotopic (exact) mass is 232 g/mol. The Hall–Kier alpha value is -1.32. The minimum Gasteiger partial charge on any atom is -0.396 e. The third-order valence-corrected chi connectivity index (χ3v) is 3.04. The Bertz CT molecular complexity index is 490. The maximum absolute atomic E-state index is 9.12. The number of rotatable bonds is 5. The zero-order chi connectivity index (χ0) is 12.3. The van der Waals surface area contributed by atoms with Gasteiger partial charge in [0.15, 0.2) is 0 Å². The van der Waals surface area contributed by atoms with Gasteiger partial charge in [0.05, 0.1) is 0 Å². The minimum absolute atomic E-state index is 0.232. The summed E-state index contributed by atoms with van der Waals surface area (Å²) in [6, 6.07) is 8.65. The summed E-state index contributed by atoms with van der Waals surface area (Å²) < 4.78 is 2.22. The van der Waals surface area contributed by atoms with Gasteiger partial charge in [-0.05, 0) is 36.0 Å². The molecule has 0 spiro atoms. The van der Waals surface area contributed by atoms with Crippen LogP contribution < -0.4 is 5.32 Å². The number of hydrogen-bond donors (Lipinski definition) is 2. The van der Waals surface area contributed by atoms with Crippen LogP contribution in [0.2, 0.25) is 0 Å². The van der Waals surface area contributed by atoms with E-state index in [4.69, 9.17) is 5.11 Å². The van der Waals surface area contributed by atoms with E-state index in [2.05, 4.69) is 47.3 Å². The van der Waals surface area contributed by atoms with Gasteiger partial charge in [0.25, 0.3) is 0 Å². The second-order valence-electron chi connectivity index (χ2n) is 4.68. The van der Waals surface area contributed by atoms with Gasteiger partial charge in [-0.15, -0.1) is 0 Å². The van der Waals surface area contributed by atoms with E-state index >= 15 is 0 Å². The summed E-state index contributed by atoms with van der Waals surface area (Å²) in [7, 11) is 1.96. The van der Waals surface area contributed by atoms with Gasteiger partial charge in [-0.2, -0.15) is 0 Å². The van der Waals surface area contributed by atoms with Gasteiger partial charge in [-0.3, -0.25) is 0 Å². The van der Waals surface area contributed by atoms with Crippen LogP contribution in [-0.4, -0.2) is 23.3 Å². The Balaban J connectivity index is 2.32. The average Bonchev–Trinajstić information content (AvgIpc) is 2.72. The normalized spacial score (nSPS) is 13.1. The fourth-order valence-corrected chi connectivity index (χ4v) is 2.10. The van der Waals surface area contributed by atoms with Crippen LogP contribution in [0.5, 0.6) is 0 Å². The largest absolute Gasteiger partial charge is 0.396 e. The lowest BCUT2D eigenvalue weighted by Crippen LogP contribution is -2.10. The van der Waals surface area contributed by atoms with Crippen LogP contribution in [0.3, 0.4) is 0 Å². The molecule has 1 aromatic carbocycles. The maximum atomic E-state index is 9.12. The molecule has 0 aliphatic heterocycles. The molecule has 3 heteroatoms. The Morgan fingerprint density at radius 2 is 2.18 bits per heavy atom. The number of aromatic nitrogens is 1. The minimum atomic E-state index is 0.232. The number of nitrogens with zero attached hydrogens (tertiary/aromatic N) is 1. The second kappa shape index (κ2) is 5.34. The smallest absolute Gasteiger partial charge is 0.0483 e. The quantitative estimate of drug-likeness (QED) is 0.827. The molecule has 1 aromatic heterocycles. The third-order valence-electron chi connectivity index (χ3n) is 3.04. The molecule has 2 rings (SSSR count). The van der Waals surface area contributed by atoms with Crippen LogP contribution in [0.15, 0.2) is 30.5 Å². The highest BCUT2D eigenvalue weighted by molar-refractivity contribution is 5.80. The zero-order valence-corrected chi connectivity index (χ0v) is 10.5. The Morgan fingerprint density at radius 3 is 2.88 bits per heavy atom. The summed E-state index contributed by atoms with van der Waals surface area (Å²) in [6.07, 6.45) is 2.10. The Morgan fingerprint density at radius 1 is 1.35 bits per heavy atom. The van der Waals surface area contributed by atoms with Gasteiger partial charge in [0, 0.05) is 31.4 Å². The number of hydrogen-bond acceptors (Lipinski definition) is 2. The molecule has 0 amide bonds. The predicted octanol–water partition coefficient (Wildman–Crippen LogP) is 1.99. The summed E-state index contributed by atoms with van der Waals surface area (Å²) in [5.74, 6) is 0.290. The molecule has 3 nitrogen and oxygen atoms in total. The van der Waals surface area contributed by atoms with Crippen LogP contribution in [0, 0.1) is 5.92 Å². The first kappa shape index (κ1) is 12.1. The van der Waals surface area contributed by atoms with E-state index in [1.54, 1.807) is 0 Å². The van der Waals surface area contributed by atoms with Crippen molar-refractivity contribution >= 4 is 10.9 Å². The van der Waals surface area contributed by atoms with Crippen molar-refractivity contribution in [1.82, 2.24) is 9.88 Å². The number of benzene rings is 1. The highest BCUT2D eigenvalue weighted by Crippen LogP contribution is 2.19. The molecule has 2 aromatic rings. The van der Waals surface area contributed by atoms with Crippen molar-refractivity contribution in [1.29, 1.82) is 0 Å². The average molecular weight is 232 g/mol. The molecule has 1 unspecified atom stereocenters. The highest BCUT2D eigenvalue weighted by atomic mass is 16.3. The molecule has 0 aliphatic carbocycles. The van der Waals surface area contributed by atoms with E-state index in [1.807, 2.05) is 7.05 Å². The number of aliphatic hydroxyl groups excluding tert-OH is 1. The first-order valence-electron chi connectivity index (χ1n) is 6.08. The van der Waals surface area contributed by atoms with Crippen molar-refractivity contribution in [3.05, 3.63) is 36.0 Å². The van der Waals surface area contributed by atoms with Crippen LogP contribution >= 0.6 is 0 Å². The van der Waals surface area contributed by atoms with Crippen molar-refractivity contribution in [3.63, 3.8) is 0 Å². The Labute approximate surface area is 102 Å². The summed E-state index contributed by atoms with van der Waals surface area (Å²) >= 11 is 0. The SMILES string of the molecule is CNCc1ccc2ccn(CC(C)CO)c2c1. The zero-order valence-electron chi connectivity index (χ0n) is 10.5. The van der Waals surface area contributed by atoms with E-state index in [-0.39, 0.29) is 6.61 Å². The number of aliphatic hydroxyl groups is 1. The molecular formula is C14H20N2O. The number of nitrogens with one attached hydrogen (secondary N) is 1. The third kappa shape index (κ3) is 2.68. The molecule has 0 saturated heterocycles. The number of fused-ring (bicyclic) bond motifs is 1. The van der Waals surface area contributed by atoms with Gasteiger partial charge in [-0.25, -0.2) is 0 Å². The lowest BCUT2D eigenvalue weighted by molar-refractivity contribution is 0.224. The molecule has 0 aliphatic rings. The first-order chi connectivity index (χ1) is 8.24. The van der Waals surface area contributed by atoms with Crippen molar-refractivity contribution in [2.45, 2.75) is 20.0 Å². The van der Waals surface area contributed by atoms with Gasteiger partial charge in [0.1, 0.15) is 0 Å². The molecule has 92 valence electrons. The van der Waals surface area contributed by atoms with Crippen LogP contribution in [0.25, 0.3) is 10.9 Å². The summed E-state index contributed by atoms with van der Waals surface area (Å²) in [5.41, 5.74) is 2.54. The van der Waals surface area contributed by atoms with E-state index < -0.39 is 0 Å². The van der Waals surface area contributed by atoms with Crippen LogP contribution in [0.1, 0.15) is 12.5 Å². The predicted molar refractivity (Wildman–Crippen MR) is 71.0 cm³/mol. The van der Waals surface area contributed by atoms with E-state index in [0.29, 0.717) is 5.92 Å². The van der Waals surface area contributed by atoms with E-state index in [1.165, 1.54) is 16.5 Å². The fraction of sp³-hybridized carbons (Fsp3) is 0.429. The van der Waals surface area contributed by atoms with Crippen molar-refractivity contribution < 1.29 is 5.11 Å². The molecule has 17 heavy (non-hydrogen) atoms. The van der Waals surface area contributed by atoms with Crippen molar-refractivity contribution in [2.24, 2.45) is 5.92 Å². The molecule has 0 bridgehead atoms. The van der Waals surface area contributed by atoms with E-state index in [9.17, 15) is 0 Å². The lowest BCUT2D eigenvalue weighted by Gasteiger charge is -2.11. The standard InChI is InChI=1S/C14H20N2O/c1-11(10-17)9-16-6-5-13-4-3-12(8-15-2)7-14(13)16/h3-7,11,15,17H,8-10H2,1-2H3. The molecule has 1 atom stereocenters. The molecule has 1 heterocycles. The van der Waals surface area contributed by atoms with Gasteiger partial charge in [0.2, 0.25) is 0 Å². The van der Waals surface area contributed by atoms with Crippen LogP contribution in [-0.2, 0) is 13.1 Å². The van der Waals surface area contributed by atoms with Crippen molar-refractivity contribution in [2.75, 3.05) is 13.7 Å². The highest BCUT2D eigenvalue weighted by Gasteiger charge is 2.05. The van der Waals surface area contributed by atoms with E-state index in [0.717, 1.165) is 13.1 Å². The summed E-state index contributed by atoms with van der Waals surface area (Å²) in [5, 5.41) is 13.5. The summed E-state index contributed by atoms with van der Waals surface area (Å²) in [6.45, 7) is 4.04. The molecular weight excluding hydrogens is 212 g/mol. The first-order valence-corrected chi connectivity index (χ1v) is 6.08. The maximum Gasteiger partial charge on any atom is 0.0483 e. The van der Waals surface area contributed by atoms with Gasteiger partial charge < -0.3 is 15.0 Å². The molecule has 0 saturated carbocycles. The van der Waals surface area contributed by atoms with Crippen LogP contribution in [0.4, 0.5) is 0 Å². The topological polar surface area (TPSA) is 37.2 Å². The van der Waals surface area contributed by atoms with Gasteiger partial charge in [-0.1, -0.05) is 19.1 Å².